The van der Waals surface area contributed by atoms with E-state index in [1.54, 1.807) is 47.8 Å². The fourth-order valence-electron chi connectivity index (χ4n) is 7.33. The molecule has 0 spiro atoms. The molecule has 14 N–H and O–H groups in total. The molecule has 23 nitrogen and oxygen atoms in total. The number of amides is 7. The van der Waals surface area contributed by atoms with Crippen LogP contribution in [0.25, 0.3) is 0 Å². The topological polar surface area (TPSA) is 382 Å². The lowest BCUT2D eigenvalue weighted by atomic mass is 9.99. The third kappa shape index (κ3) is 23.4. The summed E-state index contributed by atoms with van der Waals surface area (Å²) < 4.78 is 0. The minimum Gasteiger partial charge on any atom is -0.508 e. The van der Waals surface area contributed by atoms with Crippen LogP contribution >= 0.6 is 11.8 Å². The molecule has 8 atom stereocenters. The molecule has 2 rings (SSSR count). The molecule has 0 saturated heterocycles. The maximum atomic E-state index is 14.5. The molecule has 0 aliphatic heterocycles. The van der Waals surface area contributed by atoms with Crippen LogP contribution in [-0.4, -0.2) is 145 Å². The van der Waals surface area contributed by atoms with Crippen molar-refractivity contribution in [2.75, 3.05) is 12.0 Å². The normalized spacial score (nSPS) is 14.5. The van der Waals surface area contributed by atoms with Crippen molar-refractivity contribution < 1.29 is 73.5 Å². The monoisotopic (exact) mass is 1040 g/mol. The zero-order valence-corrected chi connectivity index (χ0v) is 43.0. The van der Waals surface area contributed by atoms with Crippen molar-refractivity contribution in [2.24, 2.45) is 23.5 Å². The number of rotatable bonds is 32. The Balaban J connectivity index is 2.56. The number of hydrogen-bond donors (Lipinski definition) is 13. The van der Waals surface area contributed by atoms with Gasteiger partial charge in [-0.15, -0.1) is 0 Å². The van der Waals surface area contributed by atoms with Crippen LogP contribution in [0, 0.1) is 17.8 Å². The minimum atomic E-state index is -1.74. The van der Waals surface area contributed by atoms with E-state index in [1.807, 2.05) is 0 Å². The van der Waals surface area contributed by atoms with E-state index in [1.165, 1.54) is 60.3 Å². The summed E-state index contributed by atoms with van der Waals surface area (Å²) in [7, 11) is 0. The number of phenolic OH excluding ortho intramolecular Hbond substituents is 2. The number of carbonyl (C=O) groups excluding carboxylic acids is 7. The van der Waals surface area contributed by atoms with Gasteiger partial charge in [0.2, 0.25) is 41.4 Å². The number of benzene rings is 2. The van der Waals surface area contributed by atoms with Gasteiger partial charge in [0.25, 0.3) is 0 Å². The van der Waals surface area contributed by atoms with E-state index in [0.29, 0.717) is 11.1 Å². The van der Waals surface area contributed by atoms with Crippen LogP contribution in [-0.2, 0) is 60.8 Å². The molecule has 0 bridgehead atoms. The number of nitrogens with two attached hydrogens (primary N) is 1. The van der Waals surface area contributed by atoms with Crippen molar-refractivity contribution in [3.8, 4) is 11.5 Å². The maximum Gasteiger partial charge on any atom is 0.326 e. The fourth-order valence-corrected chi connectivity index (χ4v) is 7.81. The van der Waals surface area contributed by atoms with Gasteiger partial charge in [-0.25, -0.2) is 4.79 Å². The molecule has 24 heteroatoms. The number of phenols is 2. The van der Waals surface area contributed by atoms with E-state index in [0.717, 1.165) is 0 Å². The first-order chi connectivity index (χ1) is 34.2. The lowest BCUT2D eigenvalue weighted by Crippen LogP contribution is -2.61. The van der Waals surface area contributed by atoms with Crippen LogP contribution in [0.15, 0.2) is 48.5 Å². The van der Waals surface area contributed by atoms with E-state index in [-0.39, 0.29) is 73.5 Å². The molecule has 8 unspecified atom stereocenters. The van der Waals surface area contributed by atoms with Crippen molar-refractivity contribution in [2.45, 2.75) is 141 Å². The number of nitrogens with one attached hydrogen (secondary N) is 7. The summed E-state index contributed by atoms with van der Waals surface area (Å²) in [6.07, 6.45) is -0.350. The van der Waals surface area contributed by atoms with Crippen LogP contribution in [0.5, 0.6) is 11.5 Å². The number of aliphatic carboxylic acids is 3. The Kier molecular flexibility index (Phi) is 26.2. The van der Waals surface area contributed by atoms with Gasteiger partial charge in [-0.1, -0.05) is 65.8 Å². The second-order valence-electron chi connectivity index (χ2n) is 19.0. The zero-order valence-electron chi connectivity index (χ0n) is 42.1. The zero-order chi connectivity index (χ0) is 55.1. The molecule has 73 heavy (non-hydrogen) atoms. The largest absolute Gasteiger partial charge is 0.508 e. The Bertz CT molecular complexity index is 2210. The van der Waals surface area contributed by atoms with Crippen LogP contribution in [0.4, 0.5) is 0 Å². The maximum absolute atomic E-state index is 14.5. The summed E-state index contributed by atoms with van der Waals surface area (Å²) in [5, 5.41) is 66.1. The molecular weight excluding hydrogens is 973 g/mol. The predicted molar refractivity (Wildman–Crippen MR) is 269 cm³/mol. The van der Waals surface area contributed by atoms with Crippen molar-refractivity contribution in [3.63, 3.8) is 0 Å². The van der Waals surface area contributed by atoms with E-state index in [9.17, 15) is 73.5 Å². The quantitative estimate of drug-likeness (QED) is 0.0475. The van der Waals surface area contributed by atoms with Gasteiger partial charge in [-0.2, -0.15) is 11.8 Å². The first-order valence-electron chi connectivity index (χ1n) is 23.8. The smallest absolute Gasteiger partial charge is 0.326 e. The van der Waals surface area contributed by atoms with Crippen molar-refractivity contribution >= 4 is 71.0 Å². The first-order valence-corrected chi connectivity index (χ1v) is 25.2. The number of carboxylic acids is 3. The molecule has 0 aromatic heterocycles. The highest BCUT2D eigenvalue weighted by molar-refractivity contribution is 7.98. The molecule has 0 aliphatic carbocycles. The van der Waals surface area contributed by atoms with Gasteiger partial charge in [0.15, 0.2) is 0 Å². The molecule has 2 aromatic carbocycles. The second kappa shape index (κ2) is 30.8. The highest BCUT2D eigenvalue weighted by Crippen LogP contribution is 2.16. The van der Waals surface area contributed by atoms with Crippen LogP contribution in [0.2, 0.25) is 0 Å². The van der Waals surface area contributed by atoms with Gasteiger partial charge >= 0.3 is 17.9 Å². The number of thioether (sulfide) groups is 1. The van der Waals surface area contributed by atoms with Crippen LogP contribution in [0.3, 0.4) is 0 Å². The Morgan fingerprint density at radius 2 is 0.767 bits per heavy atom. The van der Waals surface area contributed by atoms with E-state index < -0.39 is 120 Å². The second-order valence-corrected chi connectivity index (χ2v) is 20.0. The van der Waals surface area contributed by atoms with E-state index in [2.05, 4.69) is 37.2 Å². The molecule has 2 aromatic rings. The SMILES string of the molecule is CSCCC(NC(=O)C(CC(C)C)NC(=O)C(Cc1ccc(O)cc1)NC(=O)C(Cc1ccc(O)cc1)NC(=O)C(CC(C)C)NC(=O)C(N)CC(=O)O)C(=O)NC(CC(=O)O)C(=O)NC(CC(C)C)C(=O)O. The summed E-state index contributed by atoms with van der Waals surface area (Å²) in [6.45, 7) is 10.5. The third-order valence-corrected chi connectivity index (χ3v) is 11.7. The van der Waals surface area contributed by atoms with Crippen molar-refractivity contribution in [1.82, 2.24) is 37.2 Å². The molecule has 0 fully saturated rings. The van der Waals surface area contributed by atoms with Gasteiger partial charge in [0.1, 0.15) is 53.8 Å². The third-order valence-electron chi connectivity index (χ3n) is 11.0. The summed E-state index contributed by atoms with van der Waals surface area (Å²) in [5.74, 6) is -11.2. The Hall–Kier alpha value is -6.95. The lowest BCUT2D eigenvalue weighted by molar-refractivity contribution is -0.144. The van der Waals surface area contributed by atoms with Gasteiger partial charge in [-0.3, -0.25) is 43.2 Å². The number of carbonyl (C=O) groups is 10. The highest BCUT2D eigenvalue weighted by atomic mass is 32.2. The molecule has 404 valence electrons. The number of aromatic hydroxyl groups is 2. The summed E-state index contributed by atoms with van der Waals surface area (Å²) in [6, 6.07) is -0.287. The fraction of sp³-hybridized carbons (Fsp3) is 0.551. The first kappa shape index (κ1) is 62.2. The van der Waals surface area contributed by atoms with Crippen LogP contribution in [0.1, 0.15) is 91.2 Å². The van der Waals surface area contributed by atoms with Gasteiger partial charge < -0.3 is 68.5 Å². The van der Waals surface area contributed by atoms with Crippen molar-refractivity contribution in [1.29, 1.82) is 0 Å². The molecule has 7 amide bonds. The summed E-state index contributed by atoms with van der Waals surface area (Å²) in [4.78, 5) is 132. The highest BCUT2D eigenvalue weighted by Gasteiger charge is 2.36. The van der Waals surface area contributed by atoms with Gasteiger partial charge in [-0.05, 0) is 90.8 Å². The Morgan fingerprint density at radius 3 is 1.15 bits per heavy atom. The van der Waals surface area contributed by atoms with Gasteiger partial charge in [0.05, 0.1) is 18.9 Å². The van der Waals surface area contributed by atoms with E-state index >= 15 is 0 Å². The lowest BCUT2D eigenvalue weighted by Gasteiger charge is -2.28. The molecule has 0 saturated carbocycles. The number of hydrogen-bond acceptors (Lipinski definition) is 14. The minimum absolute atomic E-state index is 0.00904. The van der Waals surface area contributed by atoms with E-state index in [4.69, 9.17) is 5.73 Å². The molecule has 0 radical (unpaired) electrons. The summed E-state index contributed by atoms with van der Waals surface area (Å²) in [5.41, 5.74) is 6.66. The molecule has 0 aliphatic rings. The average Bonchev–Trinajstić information content (AvgIpc) is 3.29. The van der Waals surface area contributed by atoms with Crippen LogP contribution < -0.4 is 43.0 Å². The predicted octanol–water partition coefficient (Wildman–Crippen LogP) is 0.529. The summed E-state index contributed by atoms with van der Waals surface area (Å²) >= 11 is 1.31. The van der Waals surface area contributed by atoms with Gasteiger partial charge in [0, 0.05) is 12.8 Å². The molecular formula is C49H72N8O15S. The Labute approximate surface area is 428 Å². The Morgan fingerprint density at radius 1 is 0.452 bits per heavy atom. The standard InChI is InChI=1S/C49H72N8O15S/c1-25(2)18-34(52-42(64)32(50)23-40(60)61)45(67)54-37(22-29-10-14-31(59)15-11-29)47(69)55-36(21-28-8-12-30(58)13-9-28)46(68)53-35(19-26(3)4)44(66)51-33(16-17-73-7)43(65)56-38(24-41(62)63)48(70)57-39(49(71)72)20-27(5)6/h8-15,25-27,32-39,58-59H,16-24,50H2,1-7H3,(H,51,66)(H,52,64)(H,53,68)(H,54,67)(H,55,69)(H,56,65)(H,57,70)(H,60,61)(H,62,63)(H,71,72). The average molecular weight is 1050 g/mol. The van der Waals surface area contributed by atoms with Crippen molar-refractivity contribution in [3.05, 3.63) is 59.7 Å². The molecule has 0 heterocycles. The number of carboxylic acid groups (broad SMARTS) is 3.